The van der Waals surface area contributed by atoms with Crippen molar-refractivity contribution in [3.8, 4) is 0 Å². The largest absolute Gasteiger partial charge is 0.356 e. The molecule has 6 nitrogen and oxygen atoms in total. The minimum Gasteiger partial charge on any atom is -0.356 e. The molecule has 0 atom stereocenters. The molecule has 9 heteroatoms. The van der Waals surface area contributed by atoms with Crippen molar-refractivity contribution in [2.24, 2.45) is 7.05 Å². The smallest absolute Gasteiger partial charge is 0.264 e. The Labute approximate surface area is 114 Å². The fourth-order valence-electron chi connectivity index (χ4n) is 1.24. The molecular weight excluding hydrogens is 299 g/mol. The van der Waals surface area contributed by atoms with E-state index in [1.165, 1.54) is 12.3 Å². The summed E-state index contributed by atoms with van der Waals surface area (Å²) in [5.41, 5.74) is 0. The zero-order valence-corrected chi connectivity index (χ0v) is 11.5. The number of hydrogen-bond donors (Lipinski definition) is 1. The molecule has 0 aliphatic carbocycles. The molecule has 0 unspecified atom stereocenters. The van der Waals surface area contributed by atoms with E-state index in [0.29, 0.717) is 0 Å². The highest BCUT2D eigenvalue weighted by molar-refractivity contribution is 7.92. The monoisotopic (exact) mass is 306 g/mol. The molecule has 0 amide bonds. The van der Waals surface area contributed by atoms with Crippen LogP contribution in [0.4, 0.5) is 5.82 Å². The number of aryl methyl sites for hydroxylation is 1. The molecule has 1 N–H and O–H groups in total. The third kappa shape index (κ3) is 2.58. The van der Waals surface area contributed by atoms with E-state index in [2.05, 4.69) is 14.7 Å². The molecule has 0 aliphatic heterocycles. The summed E-state index contributed by atoms with van der Waals surface area (Å²) in [6.07, 6.45) is 4.19. The lowest BCUT2D eigenvalue weighted by molar-refractivity contribution is 0.601. The van der Waals surface area contributed by atoms with Crippen LogP contribution in [0.3, 0.4) is 0 Å². The van der Waals surface area contributed by atoms with Crippen LogP contribution in [0.15, 0.2) is 29.7 Å². The Hall–Kier alpha value is -1.31. The van der Waals surface area contributed by atoms with E-state index in [0.717, 1.165) is 6.33 Å². The first-order valence-corrected chi connectivity index (χ1v) is 6.95. The summed E-state index contributed by atoms with van der Waals surface area (Å²) in [7, 11) is -2.02. The van der Waals surface area contributed by atoms with Gasteiger partial charge in [0.05, 0.1) is 0 Å². The normalized spacial score (nSPS) is 11.5. The Balaban J connectivity index is 2.37. The molecule has 2 rings (SSSR count). The summed E-state index contributed by atoms with van der Waals surface area (Å²) >= 11 is 11.5. The quantitative estimate of drug-likeness (QED) is 0.879. The molecule has 0 bridgehead atoms. The molecule has 18 heavy (non-hydrogen) atoms. The van der Waals surface area contributed by atoms with Crippen molar-refractivity contribution in [3.63, 3.8) is 0 Å². The van der Waals surface area contributed by atoms with Gasteiger partial charge in [-0.3, -0.25) is 4.72 Å². The summed E-state index contributed by atoms with van der Waals surface area (Å²) in [6, 6.07) is 1.46. The maximum atomic E-state index is 12.0. The van der Waals surface area contributed by atoms with Crippen LogP contribution in [-0.2, 0) is 17.1 Å². The van der Waals surface area contributed by atoms with Crippen LogP contribution >= 0.6 is 23.2 Å². The Morgan fingerprint density at radius 1 is 1.33 bits per heavy atom. The summed E-state index contributed by atoms with van der Waals surface area (Å²) in [5, 5.41) is -0.0592. The first kappa shape index (κ1) is 13.1. The van der Waals surface area contributed by atoms with Crippen LogP contribution in [-0.4, -0.2) is 23.0 Å². The van der Waals surface area contributed by atoms with E-state index in [1.807, 2.05) is 0 Å². The van der Waals surface area contributed by atoms with E-state index in [-0.39, 0.29) is 20.9 Å². The van der Waals surface area contributed by atoms with Gasteiger partial charge in [0.1, 0.15) is 16.2 Å². The topological polar surface area (TPSA) is 76.9 Å². The average Bonchev–Trinajstić information content (AvgIpc) is 2.72. The van der Waals surface area contributed by atoms with Crippen LogP contribution in [0.2, 0.25) is 10.2 Å². The molecule has 2 aromatic rings. The highest BCUT2D eigenvalue weighted by Crippen LogP contribution is 2.27. The number of aromatic nitrogens is 3. The molecule has 96 valence electrons. The molecule has 2 heterocycles. The summed E-state index contributed by atoms with van der Waals surface area (Å²) in [4.78, 5) is 7.47. The first-order valence-electron chi connectivity index (χ1n) is 4.71. The van der Waals surface area contributed by atoms with Gasteiger partial charge < -0.3 is 4.57 Å². The second kappa shape index (κ2) is 4.75. The van der Waals surface area contributed by atoms with Crippen LogP contribution in [0.5, 0.6) is 0 Å². The van der Waals surface area contributed by atoms with Crippen molar-refractivity contribution in [2.45, 2.75) is 4.90 Å². The third-order valence-corrected chi connectivity index (χ3v) is 4.16. The number of nitrogens with zero attached hydrogens (tertiary/aromatic N) is 3. The number of sulfonamides is 1. The van der Waals surface area contributed by atoms with Gasteiger partial charge in [-0.15, -0.1) is 0 Å². The highest BCUT2D eigenvalue weighted by Gasteiger charge is 2.18. The number of rotatable bonds is 3. The van der Waals surface area contributed by atoms with Gasteiger partial charge in [-0.2, -0.15) is 0 Å². The molecule has 0 fully saturated rings. The van der Waals surface area contributed by atoms with Gasteiger partial charge in [0.2, 0.25) is 0 Å². The predicted octanol–water partition coefficient (Wildman–Crippen LogP) is 1.92. The fourth-order valence-corrected chi connectivity index (χ4v) is 2.65. The Morgan fingerprint density at radius 2 is 2.06 bits per heavy atom. The van der Waals surface area contributed by atoms with Crippen molar-refractivity contribution >= 4 is 39.0 Å². The molecule has 0 aliphatic rings. The van der Waals surface area contributed by atoms with Crippen molar-refractivity contribution < 1.29 is 8.42 Å². The van der Waals surface area contributed by atoms with Crippen molar-refractivity contribution in [1.29, 1.82) is 0 Å². The zero-order valence-electron chi connectivity index (χ0n) is 9.13. The number of hydrogen-bond acceptors (Lipinski definition) is 4. The second-order valence-corrected chi connectivity index (χ2v) is 5.86. The fraction of sp³-hybridized carbons (Fsp3) is 0.111. The molecule has 0 aromatic carbocycles. The van der Waals surface area contributed by atoms with Crippen LogP contribution < -0.4 is 4.72 Å². The molecule has 2 aromatic heterocycles. The Kier molecular flexibility index (Phi) is 3.47. The van der Waals surface area contributed by atoms with Crippen molar-refractivity contribution in [1.82, 2.24) is 14.5 Å². The van der Waals surface area contributed by atoms with Gasteiger partial charge in [0.25, 0.3) is 10.0 Å². The standard InChI is InChI=1S/C9H8Cl2N4O2S/c1-15-3-2-6(4-15)18(16,17)14-9-7(10)8(11)12-5-13-9/h2-5H,1H3,(H,12,13,14). The lowest BCUT2D eigenvalue weighted by atomic mass is 10.6. The highest BCUT2D eigenvalue weighted by atomic mass is 35.5. The first-order chi connectivity index (χ1) is 8.40. The van der Waals surface area contributed by atoms with E-state index in [1.54, 1.807) is 17.8 Å². The van der Waals surface area contributed by atoms with Gasteiger partial charge in [-0.25, -0.2) is 18.4 Å². The van der Waals surface area contributed by atoms with E-state index in [9.17, 15) is 8.42 Å². The van der Waals surface area contributed by atoms with Gasteiger partial charge in [-0.1, -0.05) is 23.2 Å². The summed E-state index contributed by atoms with van der Waals surface area (Å²) < 4.78 is 27.8. The zero-order chi connectivity index (χ0) is 13.3. The maximum Gasteiger partial charge on any atom is 0.264 e. The SMILES string of the molecule is Cn1ccc(S(=O)(=O)Nc2ncnc(Cl)c2Cl)c1. The van der Waals surface area contributed by atoms with Gasteiger partial charge in [0, 0.05) is 19.4 Å². The van der Waals surface area contributed by atoms with Gasteiger partial charge >= 0.3 is 0 Å². The van der Waals surface area contributed by atoms with E-state index < -0.39 is 10.0 Å². The van der Waals surface area contributed by atoms with Gasteiger partial charge in [-0.05, 0) is 6.07 Å². The lowest BCUT2D eigenvalue weighted by Gasteiger charge is -2.07. The summed E-state index contributed by atoms with van der Waals surface area (Å²) in [6.45, 7) is 0. The molecule has 0 radical (unpaired) electrons. The maximum absolute atomic E-state index is 12.0. The Morgan fingerprint density at radius 3 is 2.67 bits per heavy atom. The molecule has 0 saturated carbocycles. The van der Waals surface area contributed by atoms with Gasteiger partial charge in [0.15, 0.2) is 11.0 Å². The molecular formula is C9H8Cl2N4O2S. The summed E-state index contributed by atoms with van der Waals surface area (Å²) in [5.74, 6) is -0.0551. The number of nitrogens with one attached hydrogen (secondary N) is 1. The minimum atomic E-state index is -3.74. The van der Waals surface area contributed by atoms with E-state index in [4.69, 9.17) is 23.2 Å². The molecule has 0 saturated heterocycles. The lowest BCUT2D eigenvalue weighted by Crippen LogP contribution is -2.14. The average molecular weight is 307 g/mol. The number of halogens is 2. The number of anilines is 1. The molecule has 0 spiro atoms. The van der Waals surface area contributed by atoms with Crippen LogP contribution in [0.25, 0.3) is 0 Å². The van der Waals surface area contributed by atoms with Crippen LogP contribution in [0.1, 0.15) is 0 Å². The van der Waals surface area contributed by atoms with Crippen molar-refractivity contribution in [2.75, 3.05) is 4.72 Å². The van der Waals surface area contributed by atoms with E-state index >= 15 is 0 Å². The third-order valence-electron chi connectivity index (χ3n) is 2.09. The Bertz CT molecular complexity index is 684. The predicted molar refractivity (Wildman–Crippen MR) is 68.3 cm³/mol. The second-order valence-electron chi connectivity index (χ2n) is 3.45. The minimum absolute atomic E-state index is 0.0163. The van der Waals surface area contributed by atoms with Crippen molar-refractivity contribution in [3.05, 3.63) is 35.0 Å². The van der Waals surface area contributed by atoms with Crippen LogP contribution in [0, 0.1) is 0 Å².